The number of esters is 1. The summed E-state index contributed by atoms with van der Waals surface area (Å²) in [5.74, 6) is -1.69. The molecule has 0 saturated heterocycles. The average Bonchev–Trinajstić information content (AvgIpc) is 3.69. The molecule has 0 aliphatic heterocycles. The Balaban J connectivity index is 1.12. The number of carbonyl (C=O) groups is 3. The Kier molecular flexibility index (Phi) is 11.5. The van der Waals surface area contributed by atoms with Gasteiger partial charge < -0.3 is 24.2 Å². The second-order valence-electron chi connectivity index (χ2n) is 12.5. The molecular weight excluding hydrogens is 694 g/mol. The van der Waals surface area contributed by atoms with Crippen molar-refractivity contribution >= 4 is 23.5 Å². The first-order chi connectivity index (χ1) is 26.1. The molecule has 0 atom stereocenters. The molecule has 0 bridgehead atoms. The number of halogens is 2. The van der Waals surface area contributed by atoms with Crippen LogP contribution >= 0.6 is 0 Å². The molecule has 1 heterocycles. The molecule has 0 saturated carbocycles. The molecule has 54 heavy (non-hydrogen) atoms. The minimum atomic E-state index is -0.908. The van der Waals surface area contributed by atoms with Gasteiger partial charge in [-0.25, -0.2) is 8.78 Å². The van der Waals surface area contributed by atoms with Gasteiger partial charge in [0.05, 0.1) is 26.2 Å². The van der Waals surface area contributed by atoms with Gasteiger partial charge in [0, 0.05) is 23.4 Å². The third-order valence-electron chi connectivity index (χ3n) is 8.75. The van der Waals surface area contributed by atoms with Crippen molar-refractivity contribution in [3.05, 3.63) is 143 Å². The number of ether oxygens (including phenoxy) is 2. The fraction of sp³-hybridized carbons (Fsp3) is 0.167. The van der Waals surface area contributed by atoms with Crippen molar-refractivity contribution in [2.75, 3.05) is 26.1 Å². The smallest absolute Gasteiger partial charge is 0.325 e. The SMILES string of the molecule is COC(=O)CN(Cc1ccc(-c2noc(-c3ccc(-c4ccc(C)cc4)cc3)n2)cc1)C(=O)c1ccc(NC(=O)Cc2ccc(OC)cc2CF)cc1F. The van der Waals surface area contributed by atoms with Gasteiger partial charge in [-0.3, -0.25) is 14.4 Å². The molecule has 10 nitrogen and oxygen atoms in total. The molecule has 2 amide bonds. The number of methoxy groups -OCH3 is 2. The first-order valence-electron chi connectivity index (χ1n) is 16.9. The van der Waals surface area contributed by atoms with E-state index >= 15 is 4.39 Å². The number of anilines is 1. The molecule has 0 fully saturated rings. The summed E-state index contributed by atoms with van der Waals surface area (Å²) in [5, 5.41) is 6.71. The highest BCUT2D eigenvalue weighted by Gasteiger charge is 2.23. The molecule has 1 N–H and O–H groups in total. The number of nitrogens with zero attached hydrogens (tertiary/aromatic N) is 3. The van der Waals surface area contributed by atoms with Crippen molar-refractivity contribution in [1.82, 2.24) is 15.0 Å². The van der Waals surface area contributed by atoms with E-state index in [0.29, 0.717) is 39.7 Å². The van der Waals surface area contributed by atoms with Crippen LogP contribution in [0.5, 0.6) is 5.75 Å². The van der Waals surface area contributed by atoms with Crippen LogP contribution in [0.1, 0.15) is 32.6 Å². The van der Waals surface area contributed by atoms with Gasteiger partial charge in [0.1, 0.15) is 24.8 Å². The zero-order valence-corrected chi connectivity index (χ0v) is 29.8. The summed E-state index contributed by atoms with van der Waals surface area (Å²) in [5.41, 5.74) is 5.97. The summed E-state index contributed by atoms with van der Waals surface area (Å²) in [6, 6.07) is 31.4. The third kappa shape index (κ3) is 8.84. The number of rotatable bonds is 13. The molecule has 0 aliphatic carbocycles. The van der Waals surface area contributed by atoms with E-state index in [9.17, 15) is 18.8 Å². The van der Waals surface area contributed by atoms with E-state index in [-0.39, 0.29) is 24.2 Å². The molecule has 274 valence electrons. The monoisotopic (exact) mass is 730 g/mol. The Morgan fingerprint density at radius 3 is 2.11 bits per heavy atom. The summed E-state index contributed by atoms with van der Waals surface area (Å²) in [7, 11) is 2.65. The van der Waals surface area contributed by atoms with Gasteiger partial charge in [0.25, 0.3) is 11.8 Å². The second-order valence-corrected chi connectivity index (χ2v) is 12.5. The number of amides is 2. The number of hydrogen-bond donors (Lipinski definition) is 1. The van der Waals surface area contributed by atoms with Crippen molar-refractivity contribution < 1.29 is 37.2 Å². The molecule has 5 aromatic carbocycles. The maximum Gasteiger partial charge on any atom is 0.325 e. The van der Waals surface area contributed by atoms with Crippen LogP contribution in [-0.2, 0) is 34.0 Å². The lowest BCUT2D eigenvalue weighted by molar-refractivity contribution is -0.141. The Hall–Kier alpha value is -6.69. The van der Waals surface area contributed by atoms with E-state index in [1.165, 1.54) is 38.0 Å². The highest BCUT2D eigenvalue weighted by atomic mass is 19.1. The number of nitrogens with one attached hydrogen (secondary N) is 1. The summed E-state index contributed by atoms with van der Waals surface area (Å²) in [6.07, 6.45) is -0.159. The van der Waals surface area contributed by atoms with Gasteiger partial charge >= 0.3 is 5.97 Å². The topological polar surface area (TPSA) is 124 Å². The third-order valence-corrected chi connectivity index (χ3v) is 8.75. The van der Waals surface area contributed by atoms with Crippen LogP contribution in [0.4, 0.5) is 14.5 Å². The van der Waals surface area contributed by atoms with Crippen LogP contribution in [0, 0.1) is 12.7 Å². The van der Waals surface area contributed by atoms with Gasteiger partial charge in [-0.05, 0) is 77.2 Å². The minimum absolute atomic E-state index is 0.0459. The molecule has 0 aliphatic rings. The predicted octanol–water partition coefficient (Wildman–Crippen LogP) is 7.99. The molecule has 12 heteroatoms. The molecule has 6 rings (SSSR count). The van der Waals surface area contributed by atoms with Crippen LogP contribution in [0.15, 0.2) is 114 Å². The Morgan fingerprint density at radius 2 is 1.46 bits per heavy atom. The van der Waals surface area contributed by atoms with Crippen LogP contribution in [0.25, 0.3) is 34.0 Å². The van der Waals surface area contributed by atoms with E-state index in [1.807, 2.05) is 31.2 Å². The molecule has 0 spiro atoms. The van der Waals surface area contributed by atoms with Gasteiger partial charge in [-0.2, -0.15) is 4.98 Å². The predicted molar refractivity (Wildman–Crippen MR) is 199 cm³/mol. The normalized spacial score (nSPS) is 10.8. The highest BCUT2D eigenvalue weighted by molar-refractivity contribution is 5.97. The fourth-order valence-electron chi connectivity index (χ4n) is 5.75. The highest BCUT2D eigenvalue weighted by Crippen LogP contribution is 2.27. The van der Waals surface area contributed by atoms with Gasteiger partial charge in [-0.1, -0.05) is 77.5 Å². The number of aromatic nitrogens is 2. The number of aryl methyl sites for hydroxylation is 1. The molecule has 0 unspecified atom stereocenters. The first kappa shape index (κ1) is 37.1. The number of benzene rings is 5. The van der Waals surface area contributed by atoms with Crippen molar-refractivity contribution in [3.63, 3.8) is 0 Å². The van der Waals surface area contributed by atoms with Crippen molar-refractivity contribution in [2.45, 2.75) is 26.6 Å². The van der Waals surface area contributed by atoms with Gasteiger partial charge in [0.15, 0.2) is 0 Å². The summed E-state index contributed by atoms with van der Waals surface area (Å²) < 4.78 is 44.4. The molecule has 6 aromatic rings. The Labute approximate surface area is 310 Å². The van der Waals surface area contributed by atoms with Crippen molar-refractivity contribution in [2.24, 2.45) is 0 Å². The van der Waals surface area contributed by atoms with Crippen LogP contribution in [0.3, 0.4) is 0 Å². The first-order valence-corrected chi connectivity index (χ1v) is 16.9. The quantitative estimate of drug-likeness (QED) is 0.119. The number of alkyl halides is 1. The number of hydrogen-bond acceptors (Lipinski definition) is 8. The maximum atomic E-state index is 15.4. The van der Waals surface area contributed by atoms with Gasteiger partial charge in [0.2, 0.25) is 11.7 Å². The maximum absolute atomic E-state index is 15.4. The van der Waals surface area contributed by atoms with Gasteiger partial charge in [-0.15, -0.1) is 0 Å². The van der Waals surface area contributed by atoms with E-state index < -0.39 is 36.8 Å². The lowest BCUT2D eigenvalue weighted by Gasteiger charge is -2.22. The lowest BCUT2D eigenvalue weighted by Crippen LogP contribution is -2.36. The van der Waals surface area contributed by atoms with E-state index in [0.717, 1.165) is 27.7 Å². The molecular formula is C42H36F2N4O6. The van der Waals surface area contributed by atoms with Crippen molar-refractivity contribution in [1.29, 1.82) is 0 Å². The fourth-order valence-corrected chi connectivity index (χ4v) is 5.75. The lowest BCUT2D eigenvalue weighted by atomic mass is 10.0. The van der Waals surface area contributed by atoms with E-state index in [1.54, 1.807) is 36.4 Å². The number of carbonyl (C=O) groups excluding carboxylic acids is 3. The van der Waals surface area contributed by atoms with Crippen LogP contribution in [-0.4, -0.2) is 53.6 Å². The van der Waals surface area contributed by atoms with Crippen molar-refractivity contribution in [3.8, 4) is 39.7 Å². The van der Waals surface area contributed by atoms with Crippen LogP contribution in [0.2, 0.25) is 0 Å². The second kappa shape index (κ2) is 16.8. The zero-order valence-electron chi connectivity index (χ0n) is 29.8. The standard InChI is InChI=1S/C42H36F2N4O6/c1-26-4-8-28(9-5-26)29-12-14-31(15-13-29)41-46-40(47-54-41)30-10-6-27(7-11-30)24-48(25-39(50)53-3)42(51)36-19-17-34(22-37(36)44)45-38(49)21-32-16-18-35(52-2)20-33(32)23-43/h4-20,22H,21,23-25H2,1-3H3,(H,45,49). The Morgan fingerprint density at radius 1 is 0.796 bits per heavy atom. The summed E-state index contributed by atoms with van der Waals surface area (Å²) in [6.45, 7) is 0.771. The van der Waals surface area contributed by atoms with E-state index in [4.69, 9.17) is 14.0 Å². The summed E-state index contributed by atoms with van der Waals surface area (Å²) >= 11 is 0. The van der Waals surface area contributed by atoms with E-state index in [2.05, 4.69) is 39.7 Å². The summed E-state index contributed by atoms with van der Waals surface area (Å²) in [4.78, 5) is 44.3. The zero-order chi connectivity index (χ0) is 38.2. The van der Waals surface area contributed by atoms with Crippen LogP contribution < -0.4 is 10.1 Å². The molecule has 0 radical (unpaired) electrons. The molecule has 1 aromatic heterocycles. The average molecular weight is 731 g/mol. The largest absolute Gasteiger partial charge is 0.497 e. The minimum Gasteiger partial charge on any atom is -0.497 e. The Bertz CT molecular complexity index is 2270.